The van der Waals surface area contributed by atoms with E-state index in [9.17, 15) is 23.3 Å². The fourth-order valence-electron chi connectivity index (χ4n) is 3.36. The number of nitrogens with zero attached hydrogens (tertiary/aromatic N) is 5. The van der Waals surface area contributed by atoms with Crippen molar-refractivity contribution < 1.29 is 18.1 Å². The van der Waals surface area contributed by atoms with Gasteiger partial charge in [-0.1, -0.05) is 12.1 Å². The summed E-state index contributed by atoms with van der Waals surface area (Å²) in [5.41, 5.74) is -0.0954. The van der Waals surface area contributed by atoms with E-state index in [0.29, 0.717) is 13.1 Å². The van der Waals surface area contributed by atoms with Crippen molar-refractivity contribution >= 4 is 11.6 Å². The molecular formula is C18H20F3N5O2. The van der Waals surface area contributed by atoms with Gasteiger partial charge >= 0.3 is 6.18 Å². The fourth-order valence-corrected chi connectivity index (χ4v) is 3.36. The molecule has 28 heavy (non-hydrogen) atoms. The molecule has 1 fully saturated rings. The normalized spacial score (nSPS) is 18.1. The van der Waals surface area contributed by atoms with Crippen molar-refractivity contribution in [2.45, 2.75) is 31.6 Å². The van der Waals surface area contributed by atoms with E-state index in [-0.39, 0.29) is 17.7 Å². The second kappa shape index (κ2) is 8.09. The Balaban J connectivity index is 1.69. The highest BCUT2D eigenvalue weighted by Gasteiger charge is 2.34. The summed E-state index contributed by atoms with van der Waals surface area (Å²) in [4.78, 5) is 22.0. The third-order valence-corrected chi connectivity index (χ3v) is 4.80. The highest BCUT2D eigenvalue weighted by molar-refractivity contribution is 5.34. The van der Waals surface area contributed by atoms with Crippen molar-refractivity contribution in [2.75, 3.05) is 25.0 Å². The van der Waals surface area contributed by atoms with Gasteiger partial charge in [0.2, 0.25) is 5.95 Å². The first kappa shape index (κ1) is 20.0. The zero-order valence-corrected chi connectivity index (χ0v) is 15.3. The van der Waals surface area contributed by atoms with Gasteiger partial charge in [-0.25, -0.2) is 9.97 Å². The van der Waals surface area contributed by atoms with Crippen LogP contribution in [-0.4, -0.2) is 46.0 Å². The van der Waals surface area contributed by atoms with Gasteiger partial charge < -0.3 is 4.90 Å². The molecule has 1 aromatic carbocycles. The Morgan fingerprint density at radius 1 is 1.36 bits per heavy atom. The zero-order valence-electron chi connectivity index (χ0n) is 15.3. The van der Waals surface area contributed by atoms with E-state index in [4.69, 9.17) is 0 Å². The van der Waals surface area contributed by atoms with E-state index >= 15 is 0 Å². The van der Waals surface area contributed by atoms with Crippen LogP contribution in [0.4, 0.5) is 24.8 Å². The Kier molecular flexibility index (Phi) is 5.78. The molecule has 0 radical (unpaired) electrons. The highest BCUT2D eigenvalue weighted by Crippen LogP contribution is 2.29. The Hall–Kier alpha value is -2.75. The molecule has 7 nitrogen and oxygen atoms in total. The monoisotopic (exact) mass is 395 g/mol. The highest BCUT2D eigenvalue weighted by atomic mass is 19.4. The summed E-state index contributed by atoms with van der Waals surface area (Å²) in [7, 11) is 1.69. The van der Waals surface area contributed by atoms with Crippen LogP contribution in [0, 0.1) is 10.1 Å². The van der Waals surface area contributed by atoms with Crippen LogP contribution in [0.3, 0.4) is 0 Å². The molecule has 2 heterocycles. The number of alkyl halides is 3. The molecule has 150 valence electrons. The van der Waals surface area contributed by atoms with Crippen molar-refractivity contribution in [3.8, 4) is 0 Å². The van der Waals surface area contributed by atoms with Gasteiger partial charge in [0, 0.05) is 44.5 Å². The second-order valence-corrected chi connectivity index (χ2v) is 6.81. The third-order valence-electron chi connectivity index (χ3n) is 4.80. The SMILES string of the molecule is CN(c1nccc(C(F)(F)F)n1)C1CCCN(Cc2cccc([N+](=O)[O-])c2)C1. The van der Waals surface area contributed by atoms with Gasteiger partial charge in [0.05, 0.1) is 4.92 Å². The number of nitro groups is 1. The molecule has 0 bridgehead atoms. The number of likely N-dealkylation sites (N-methyl/N-ethyl adjacent to an activating group) is 1. The smallest absolute Gasteiger partial charge is 0.340 e. The van der Waals surface area contributed by atoms with E-state index in [1.165, 1.54) is 6.07 Å². The van der Waals surface area contributed by atoms with E-state index in [2.05, 4.69) is 14.9 Å². The van der Waals surface area contributed by atoms with Gasteiger partial charge in [-0.15, -0.1) is 0 Å². The molecule has 1 saturated heterocycles. The van der Waals surface area contributed by atoms with E-state index in [0.717, 1.165) is 37.2 Å². The van der Waals surface area contributed by atoms with Gasteiger partial charge in [0.25, 0.3) is 5.69 Å². The predicted molar refractivity (Wildman–Crippen MR) is 96.8 cm³/mol. The number of hydrogen-bond acceptors (Lipinski definition) is 6. The van der Waals surface area contributed by atoms with Crippen LogP contribution in [0.5, 0.6) is 0 Å². The Morgan fingerprint density at radius 3 is 2.86 bits per heavy atom. The molecule has 1 aliphatic heterocycles. The lowest BCUT2D eigenvalue weighted by Crippen LogP contribution is -2.46. The largest absolute Gasteiger partial charge is 0.433 e. The first-order chi connectivity index (χ1) is 13.2. The van der Waals surface area contributed by atoms with Gasteiger partial charge in [0.1, 0.15) is 5.69 Å². The number of likely N-dealkylation sites (tertiary alicyclic amines) is 1. The van der Waals surface area contributed by atoms with E-state index < -0.39 is 16.8 Å². The molecular weight excluding hydrogens is 375 g/mol. The summed E-state index contributed by atoms with van der Waals surface area (Å²) < 4.78 is 38.7. The number of non-ortho nitro benzene ring substituents is 1. The summed E-state index contributed by atoms with van der Waals surface area (Å²) in [5, 5.41) is 10.9. The van der Waals surface area contributed by atoms with Crippen LogP contribution in [-0.2, 0) is 12.7 Å². The Bertz CT molecular complexity index is 846. The van der Waals surface area contributed by atoms with Crippen molar-refractivity contribution in [3.05, 3.63) is 57.9 Å². The standard InChI is InChI=1S/C18H20F3N5O2/c1-24(17-22-8-7-16(23-17)18(19,20)21)15-6-3-9-25(12-15)11-13-4-2-5-14(10-13)26(27)28/h2,4-5,7-8,10,15H,3,6,9,11-12H2,1H3. The minimum atomic E-state index is -4.51. The molecule has 0 amide bonds. The molecule has 2 aromatic rings. The summed E-state index contributed by atoms with van der Waals surface area (Å²) >= 11 is 0. The van der Waals surface area contributed by atoms with Crippen molar-refractivity contribution in [1.29, 1.82) is 0 Å². The third kappa shape index (κ3) is 4.75. The number of anilines is 1. The van der Waals surface area contributed by atoms with Gasteiger partial charge in [-0.2, -0.15) is 13.2 Å². The molecule has 1 unspecified atom stereocenters. The summed E-state index contributed by atoms with van der Waals surface area (Å²) in [5.74, 6) is 0.0389. The summed E-state index contributed by atoms with van der Waals surface area (Å²) in [6, 6.07) is 7.28. The number of halogens is 3. The maximum atomic E-state index is 12.9. The Labute approximate surface area is 160 Å². The fraction of sp³-hybridized carbons (Fsp3) is 0.444. The Morgan fingerprint density at radius 2 is 2.14 bits per heavy atom. The van der Waals surface area contributed by atoms with Crippen LogP contribution in [0.15, 0.2) is 36.5 Å². The van der Waals surface area contributed by atoms with Gasteiger partial charge in [-0.05, 0) is 31.0 Å². The molecule has 10 heteroatoms. The molecule has 1 aliphatic rings. The van der Waals surface area contributed by atoms with E-state index in [1.807, 2.05) is 6.07 Å². The van der Waals surface area contributed by atoms with Crippen LogP contribution < -0.4 is 4.90 Å². The first-order valence-corrected chi connectivity index (χ1v) is 8.83. The second-order valence-electron chi connectivity index (χ2n) is 6.81. The number of nitro benzene ring substituents is 1. The van der Waals surface area contributed by atoms with Crippen LogP contribution >= 0.6 is 0 Å². The zero-order chi connectivity index (χ0) is 20.3. The average molecular weight is 395 g/mol. The molecule has 1 atom stereocenters. The lowest BCUT2D eigenvalue weighted by Gasteiger charge is -2.37. The van der Waals surface area contributed by atoms with Crippen molar-refractivity contribution in [1.82, 2.24) is 14.9 Å². The molecule has 0 spiro atoms. The molecule has 0 aliphatic carbocycles. The van der Waals surface area contributed by atoms with Gasteiger partial charge in [-0.3, -0.25) is 15.0 Å². The first-order valence-electron chi connectivity index (χ1n) is 8.83. The minimum Gasteiger partial charge on any atom is -0.340 e. The summed E-state index contributed by atoms with van der Waals surface area (Å²) in [6.45, 7) is 1.96. The number of hydrogen-bond donors (Lipinski definition) is 0. The van der Waals surface area contributed by atoms with Crippen molar-refractivity contribution in [2.24, 2.45) is 0 Å². The average Bonchev–Trinajstić information content (AvgIpc) is 2.67. The van der Waals surface area contributed by atoms with Crippen LogP contribution in [0.2, 0.25) is 0 Å². The molecule has 0 N–H and O–H groups in total. The van der Waals surface area contributed by atoms with Crippen molar-refractivity contribution in [3.63, 3.8) is 0 Å². The molecule has 0 saturated carbocycles. The maximum Gasteiger partial charge on any atom is 0.433 e. The number of benzene rings is 1. The van der Waals surface area contributed by atoms with Crippen LogP contribution in [0.25, 0.3) is 0 Å². The molecule has 3 rings (SSSR count). The topological polar surface area (TPSA) is 75.4 Å². The lowest BCUT2D eigenvalue weighted by molar-refractivity contribution is -0.384. The number of aromatic nitrogens is 2. The maximum absolute atomic E-state index is 12.9. The quantitative estimate of drug-likeness (QED) is 0.570. The number of piperidine rings is 1. The minimum absolute atomic E-state index is 0.0389. The summed E-state index contributed by atoms with van der Waals surface area (Å²) in [6.07, 6.45) is -1.73. The van der Waals surface area contributed by atoms with Gasteiger partial charge in [0.15, 0.2) is 0 Å². The number of rotatable bonds is 5. The lowest BCUT2D eigenvalue weighted by atomic mass is 10.0. The predicted octanol–water partition coefficient (Wildman–Crippen LogP) is 3.50. The van der Waals surface area contributed by atoms with Crippen LogP contribution in [0.1, 0.15) is 24.1 Å². The molecule has 1 aromatic heterocycles. The van der Waals surface area contributed by atoms with E-state index in [1.54, 1.807) is 24.1 Å².